The average molecular weight is 272 g/mol. The van der Waals surface area contributed by atoms with E-state index in [-0.39, 0.29) is 5.48 Å². The third-order valence-corrected chi connectivity index (χ3v) is 3.15. The lowest BCUT2D eigenvalue weighted by molar-refractivity contribution is -0.137. The van der Waals surface area contributed by atoms with E-state index in [1.807, 2.05) is 0 Å². The molecule has 0 saturated heterocycles. The molecule has 114 valence electrons. The zero-order chi connectivity index (χ0) is 13.5. The van der Waals surface area contributed by atoms with Gasteiger partial charge in [0.1, 0.15) is 0 Å². The summed E-state index contributed by atoms with van der Waals surface area (Å²) in [5.74, 6) is -0.666. The standard InChI is InChI=1S/C16H30O2.H2O/c1-2-3-4-5-6-7-8-9-10-11-12-13-14-15-16(17)18;/h7-8H,2-6,9-15H2,1H3,(H,17,18);1H2/b8-7-;. The molecule has 0 aliphatic rings. The second kappa shape index (κ2) is 17.2. The molecule has 0 bridgehead atoms. The van der Waals surface area contributed by atoms with Crippen LogP contribution < -0.4 is 0 Å². The van der Waals surface area contributed by atoms with Gasteiger partial charge in [0.2, 0.25) is 0 Å². The van der Waals surface area contributed by atoms with Gasteiger partial charge in [0, 0.05) is 6.42 Å². The van der Waals surface area contributed by atoms with Crippen molar-refractivity contribution in [3.05, 3.63) is 12.2 Å². The number of carbonyl (C=O) groups is 1. The highest BCUT2D eigenvalue weighted by atomic mass is 16.4. The molecule has 0 aromatic carbocycles. The quantitative estimate of drug-likeness (QED) is 0.396. The first kappa shape index (κ1) is 20.5. The van der Waals surface area contributed by atoms with Crippen molar-refractivity contribution in [3.8, 4) is 0 Å². The smallest absolute Gasteiger partial charge is 0.303 e. The van der Waals surface area contributed by atoms with Gasteiger partial charge in [-0.15, -0.1) is 0 Å². The number of allylic oxidation sites excluding steroid dienone is 2. The van der Waals surface area contributed by atoms with Gasteiger partial charge >= 0.3 is 5.97 Å². The molecule has 0 fully saturated rings. The lowest BCUT2D eigenvalue weighted by Gasteiger charge is -1.98. The molecule has 0 amide bonds. The summed E-state index contributed by atoms with van der Waals surface area (Å²) in [7, 11) is 0. The molecule has 0 heterocycles. The van der Waals surface area contributed by atoms with Crippen molar-refractivity contribution in [3.63, 3.8) is 0 Å². The Morgan fingerprint density at radius 2 is 1.32 bits per heavy atom. The van der Waals surface area contributed by atoms with E-state index in [0.717, 1.165) is 12.8 Å². The van der Waals surface area contributed by atoms with Crippen LogP contribution in [0, 0.1) is 0 Å². The summed E-state index contributed by atoms with van der Waals surface area (Å²) in [6, 6.07) is 0. The summed E-state index contributed by atoms with van der Waals surface area (Å²) in [4.78, 5) is 10.3. The highest BCUT2D eigenvalue weighted by molar-refractivity contribution is 5.66. The van der Waals surface area contributed by atoms with Crippen LogP contribution in [0.4, 0.5) is 0 Å². The summed E-state index contributed by atoms with van der Waals surface area (Å²) in [6.45, 7) is 2.24. The van der Waals surface area contributed by atoms with Gasteiger partial charge in [-0.05, 0) is 32.1 Å². The third-order valence-electron chi connectivity index (χ3n) is 3.15. The Balaban J connectivity index is 0. The summed E-state index contributed by atoms with van der Waals surface area (Å²) in [5.41, 5.74) is 0. The van der Waals surface area contributed by atoms with Crippen LogP contribution in [-0.2, 0) is 4.79 Å². The zero-order valence-electron chi connectivity index (χ0n) is 12.5. The Kier molecular flexibility index (Phi) is 18.5. The molecule has 0 radical (unpaired) electrons. The molecule has 0 saturated carbocycles. The highest BCUT2D eigenvalue weighted by Crippen LogP contribution is 2.08. The van der Waals surface area contributed by atoms with Crippen LogP contribution in [0.2, 0.25) is 0 Å². The Hall–Kier alpha value is -0.830. The van der Waals surface area contributed by atoms with E-state index in [1.54, 1.807) is 0 Å². The van der Waals surface area contributed by atoms with Crippen LogP contribution in [-0.4, -0.2) is 16.6 Å². The maximum Gasteiger partial charge on any atom is 0.303 e. The minimum Gasteiger partial charge on any atom is -0.481 e. The van der Waals surface area contributed by atoms with E-state index in [0.29, 0.717) is 6.42 Å². The summed E-state index contributed by atoms with van der Waals surface area (Å²) >= 11 is 0. The van der Waals surface area contributed by atoms with Crippen molar-refractivity contribution in [2.24, 2.45) is 0 Å². The minimum absolute atomic E-state index is 0. The van der Waals surface area contributed by atoms with Crippen LogP contribution in [0.3, 0.4) is 0 Å². The van der Waals surface area contributed by atoms with Gasteiger partial charge < -0.3 is 10.6 Å². The fourth-order valence-electron chi connectivity index (χ4n) is 1.99. The molecule has 0 unspecified atom stereocenters. The van der Waals surface area contributed by atoms with Crippen LogP contribution in [0.1, 0.15) is 84.0 Å². The fraction of sp³-hybridized carbons (Fsp3) is 0.812. The van der Waals surface area contributed by atoms with Crippen molar-refractivity contribution in [1.29, 1.82) is 0 Å². The van der Waals surface area contributed by atoms with E-state index in [2.05, 4.69) is 19.1 Å². The summed E-state index contributed by atoms with van der Waals surface area (Å²) < 4.78 is 0. The Morgan fingerprint density at radius 1 is 0.842 bits per heavy atom. The average Bonchev–Trinajstić information content (AvgIpc) is 2.34. The molecule has 0 rings (SSSR count). The monoisotopic (exact) mass is 272 g/mol. The molecule has 0 aromatic rings. The molecule has 0 aromatic heterocycles. The van der Waals surface area contributed by atoms with Crippen molar-refractivity contribution in [1.82, 2.24) is 0 Å². The highest BCUT2D eigenvalue weighted by Gasteiger charge is 1.95. The van der Waals surface area contributed by atoms with Crippen molar-refractivity contribution < 1.29 is 15.4 Å². The molecule has 0 atom stereocenters. The van der Waals surface area contributed by atoms with Crippen molar-refractivity contribution in [2.45, 2.75) is 84.0 Å². The lowest BCUT2D eigenvalue weighted by atomic mass is 10.1. The van der Waals surface area contributed by atoms with Gasteiger partial charge in [0.05, 0.1) is 0 Å². The lowest BCUT2D eigenvalue weighted by Crippen LogP contribution is -1.93. The maximum absolute atomic E-state index is 10.3. The normalized spacial score (nSPS) is 10.6. The minimum atomic E-state index is -0.666. The van der Waals surface area contributed by atoms with E-state index < -0.39 is 5.97 Å². The summed E-state index contributed by atoms with van der Waals surface area (Å²) in [6.07, 6.45) is 18.3. The van der Waals surface area contributed by atoms with Gasteiger partial charge in [-0.3, -0.25) is 4.79 Å². The van der Waals surface area contributed by atoms with Crippen molar-refractivity contribution >= 4 is 5.97 Å². The van der Waals surface area contributed by atoms with Crippen LogP contribution in [0.25, 0.3) is 0 Å². The van der Waals surface area contributed by atoms with Gasteiger partial charge in [-0.2, -0.15) is 0 Å². The van der Waals surface area contributed by atoms with Gasteiger partial charge in [-0.25, -0.2) is 0 Å². The number of hydrogen-bond acceptors (Lipinski definition) is 1. The summed E-state index contributed by atoms with van der Waals surface area (Å²) in [5, 5.41) is 8.48. The van der Waals surface area contributed by atoms with E-state index >= 15 is 0 Å². The third kappa shape index (κ3) is 19.7. The van der Waals surface area contributed by atoms with Crippen LogP contribution in [0.15, 0.2) is 12.2 Å². The molecule has 19 heavy (non-hydrogen) atoms. The number of rotatable bonds is 13. The number of carboxylic acid groups (broad SMARTS) is 1. The van der Waals surface area contributed by atoms with Crippen LogP contribution >= 0.6 is 0 Å². The van der Waals surface area contributed by atoms with E-state index in [1.165, 1.54) is 57.8 Å². The predicted molar refractivity (Wildman–Crippen MR) is 81.5 cm³/mol. The SMILES string of the molecule is CCCCCC/C=C\CCCCCCCC(=O)O.O. The predicted octanol–water partition coefficient (Wildman–Crippen LogP) is 4.50. The Morgan fingerprint density at radius 3 is 1.84 bits per heavy atom. The maximum atomic E-state index is 10.3. The number of aliphatic carboxylic acids is 1. The second-order valence-electron chi connectivity index (χ2n) is 5.02. The molecule has 0 aliphatic carbocycles. The Labute approximate surface area is 118 Å². The second-order valence-corrected chi connectivity index (χ2v) is 5.02. The number of unbranched alkanes of at least 4 members (excludes halogenated alkanes) is 9. The molecule has 3 heteroatoms. The van der Waals surface area contributed by atoms with E-state index in [9.17, 15) is 4.79 Å². The van der Waals surface area contributed by atoms with Crippen LogP contribution in [0.5, 0.6) is 0 Å². The molecular formula is C16H32O3. The molecule has 0 aliphatic heterocycles. The first-order chi connectivity index (χ1) is 8.77. The first-order valence-electron chi connectivity index (χ1n) is 7.64. The zero-order valence-corrected chi connectivity index (χ0v) is 12.5. The van der Waals surface area contributed by atoms with Gasteiger partial charge in [0.25, 0.3) is 0 Å². The van der Waals surface area contributed by atoms with Gasteiger partial charge in [0.15, 0.2) is 0 Å². The number of carboxylic acids is 1. The largest absolute Gasteiger partial charge is 0.481 e. The molecular weight excluding hydrogens is 240 g/mol. The molecule has 3 nitrogen and oxygen atoms in total. The van der Waals surface area contributed by atoms with Crippen molar-refractivity contribution in [2.75, 3.05) is 0 Å². The van der Waals surface area contributed by atoms with E-state index in [4.69, 9.17) is 5.11 Å². The number of hydrogen-bond donors (Lipinski definition) is 1. The topological polar surface area (TPSA) is 68.8 Å². The first-order valence-corrected chi connectivity index (χ1v) is 7.64. The fourth-order valence-corrected chi connectivity index (χ4v) is 1.99. The molecule has 3 N–H and O–H groups in total. The van der Waals surface area contributed by atoms with Gasteiger partial charge in [-0.1, -0.05) is 57.6 Å². The Bertz CT molecular complexity index is 212. The molecule has 0 spiro atoms.